The molecule has 1 unspecified atom stereocenters. The third-order valence-corrected chi connectivity index (χ3v) is 6.53. The van der Waals surface area contributed by atoms with Crippen LogP contribution in [0.5, 0.6) is 0 Å². The van der Waals surface area contributed by atoms with Gasteiger partial charge in [-0.2, -0.15) is 0 Å². The number of fused-ring (bicyclic) bond motifs is 2. The van der Waals surface area contributed by atoms with Crippen molar-refractivity contribution in [2.75, 3.05) is 13.1 Å². The highest BCUT2D eigenvalue weighted by molar-refractivity contribution is 7.77. The van der Waals surface area contributed by atoms with Crippen LogP contribution in [0.15, 0.2) is 67.2 Å². The van der Waals surface area contributed by atoms with Gasteiger partial charge >= 0.3 is 0 Å². The van der Waals surface area contributed by atoms with E-state index in [1.807, 2.05) is 60.7 Å². The summed E-state index contributed by atoms with van der Waals surface area (Å²) in [5.74, 6) is 0.427. The summed E-state index contributed by atoms with van der Waals surface area (Å²) >= 11 is -2.49. The van der Waals surface area contributed by atoms with E-state index >= 15 is 0 Å². The summed E-state index contributed by atoms with van der Waals surface area (Å²) in [6, 6.07) is 19.6. The molecule has 4 aromatic rings. The first kappa shape index (κ1) is 19.0. The van der Waals surface area contributed by atoms with Crippen molar-refractivity contribution in [1.82, 2.24) is 13.9 Å². The van der Waals surface area contributed by atoms with Crippen molar-refractivity contribution in [3.8, 4) is 11.4 Å². The third-order valence-electron chi connectivity index (χ3n) is 5.86. The molecule has 1 saturated heterocycles. The van der Waals surface area contributed by atoms with E-state index in [4.69, 9.17) is 4.98 Å². The summed E-state index contributed by atoms with van der Waals surface area (Å²) in [7, 11) is 0. The van der Waals surface area contributed by atoms with E-state index in [2.05, 4.69) is 11.5 Å². The highest BCUT2D eigenvalue weighted by Gasteiger charge is 2.18. The van der Waals surface area contributed by atoms with Crippen LogP contribution < -0.4 is 0 Å². The number of imidazole rings is 1. The molecule has 0 saturated carbocycles. The Labute approximate surface area is 178 Å². The molecular formula is C24H22N3O2S-. The monoisotopic (exact) mass is 416 g/mol. The molecule has 0 bridgehead atoms. The van der Waals surface area contributed by atoms with Crippen LogP contribution in [-0.2, 0) is 11.3 Å². The Morgan fingerprint density at radius 2 is 1.77 bits per heavy atom. The molecule has 5 rings (SSSR count). The van der Waals surface area contributed by atoms with Crippen molar-refractivity contribution < 1.29 is 8.76 Å². The molecule has 3 aromatic carbocycles. The van der Waals surface area contributed by atoms with Crippen LogP contribution in [0.2, 0.25) is 0 Å². The van der Waals surface area contributed by atoms with Gasteiger partial charge in [0.2, 0.25) is 0 Å². The lowest BCUT2D eigenvalue weighted by atomic mass is 10.0. The molecule has 1 aliphatic rings. The van der Waals surface area contributed by atoms with Crippen LogP contribution in [0.3, 0.4) is 0 Å². The van der Waals surface area contributed by atoms with Gasteiger partial charge in [-0.05, 0) is 47.7 Å². The van der Waals surface area contributed by atoms with E-state index in [-0.39, 0.29) is 0 Å². The molecule has 1 fully saturated rings. The second-order valence-electron chi connectivity index (χ2n) is 7.67. The molecule has 0 spiro atoms. The molecule has 30 heavy (non-hydrogen) atoms. The molecular weight excluding hydrogens is 394 g/mol. The molecule has 6 heteroatoms. The zero-order valence-corrected chi connectivity index (χ0v) is 17.4. The van der Waals surface area contributed by atoms with E-state index in [1.165, 1.54) is 10.4 Å². The Morgan fingerprint density at radius 3 is 2.57 bits per heavy atom. The summed E-state index contributed by atoms with van der Waals surface area (Å²) in [6.45, 7) is 6.26. The van der Waals surface area contributed by atoms with Crippen molar-refractivity contribution in [3.05, 3.63) is 72.8 Å². The topological polar surface area (TPSA) is 61.2 Å². The normalized spacial score (nSPS) is 15.6. The molecule has 2 heterocycles. The number of rotatable bonds is 4. The number of hydrogen-bond acceptors (Lipinski definition) is 4. The van der Waals surface area contributed by atoms with Crippen LogP contribution in [-0.4, -0.2) is 35.7 Å². The fourth-order valence-electron chi connectivity index (χ4n) is 4.32. The number of aromatic nitrogens is 2. The average molecular weight is 417 g/mol. The van der Waals surface area contributed by atoms with Gasteiger partial charge in [0.25, 0.3) is 0 Å². The minimum Gasteiger partial charge on any atom is -0.755 e. The standard InChI is InChI=1S/C24H23N3O2S/c1-17(26-14-5-2-6-15-26)19-12-13-22-23(16-19)27(30(28)29)24(25-22)21-11-7-9-18-8-3-4-10-20(18)21/h3-4,7-13,16H,1-2,5-6,14-15H2,(H,28,29)/p-1. The van der Waals surface area contributed by atoms with Crippen LogP contribution in [0, 0.1) is 0 Å². The van der Waals surface area contributed by atoms with Gasteiger partial charge in [0.1, 0.15) is 0 Å². The van der Waals surface area contributed by atoms with Crippen LogP contribution in [0.25, 0.3) is 38.9 Å². The molecule has 1 aromatic heterocycles. The zero-order chi connectivity index (χ0) is 20.7. The van der Waals surface area contributed by atoms with E-state index in [0.717, 1.165) is 53.5 Å². The molecule has 1 atom stereocenters. The Balaban J connectivity index is 1.68. The predicted octanol–water partition coefficient (Wildman–Crippen LogP) is 4.96. The Bertz CT molecular complexity index is 1280. The minimum atomic E-state index is -2.49. The van der Waals surface area contributed by atoms with Gasteiger partial charge < -0.3 is 9.45 Å². The first-order chi connectivity index (χ1) is 14.6. The fraction of sp³-hybridized carbons (Fsp3) is 0.208. The van der Waals surface area contributed by atoms with Gasteiger partial charge in [0.05, 0.1) is 22.3 Å². The third kappa shape index (κ3) is 3.22. The van der Waals surface area contributed by atoms with Gasteiger partial charge in [-0.15, -0.1) is 0 Å². The van der Waals surface area contributed by atoms with Crippen molar-refractivity contribution in [2.24, 2.45) is 0 Å². The van der Waals surface area contributed by atoms with Gasteiger partial charge in [-0.3, -0.25) is 8.18 Å². The Hall–Kier alpha value is -2.96. The van der Waals surface area contributed by atoms with E-state index in [1.54, 1.807) is 0 Å². The second kappa shape index (κ2) is 7.70. The minimum absolute atomic E-state index is 0.427. The number of hydrogen-bond donors (Lipinski definition) is 0. The summed E-state index contributed by atoms with van der Waals surface area (Å²) in [5, 5.41) is 2.02. The van der Waals surface area contributed by atoms with Gasteiger partial charge in [0.15, 0.2) is 5.82 Å². The summed E-state index contributed by atoms with van der Waals surface area (Å²) in [6.07, 6.45) is 3.57. The first-order valence-electron chi connectivity index (χ1n) is 10.2. The molecule has 5 nitrogen and oxygen atoms in total. The average Bonchev–Trinajstić information content (AvgIpc) is 3.17. The zero-order valence-electron chi connectivity index (χ0n) is 16.6. The molecule has 0 N–H and O–H groups in total. The van der Waals surface area contributed by atoms with Crippen LogP contribution in [0.1, 0.15) is 24.8 Å². The van der Waals surface area contributed by atoms with Crippen LogP contribution in [0.4, 0.5) is 0 Å². The lowest BCUT2D eigenvalue weighted by Crippen LogP contribution is -2.27. The van der Waals surface area contributed by atoms with Crippen molar-refractivity contribution in [1.29, 1.82) is 0 Å². The second-order valence-corrected chi connectivity index (χ2v) is 8.47. The van der Waals surface area contributed by atoms with Gasteiger partial charge in [0, 0.05) is 24.4 Å². The van der Waals surface area contributed by atoms with E-state index in [0.29, 0.717) is 16.9 Å². The Kier molecular flexibility index (Phi) is 4.89. The quantitative estimate of drug-likeness (QED) is 0.442. The Morgan fingerprint density at radius 1 is 1.00 bits per heavy atom. The van der Waals surface area contributed by atoms with Crippen molar-refractivity contribution >= 4 is 38.8 Å². The maximum absolute atomic E-state index is 12.3. The van der Waals surface area contributed by atoms with Crippen molar-refractivity contribution in [3.63, 3.8) is 0 Å². The molecule has 0 amide bonds. The maximum atomic E-state index is 12.3. The van der Waals surface area contributed by atoms with E-state index in [9.17, 15) is 8.76 Å². The largest absolute Gasteiger partial charge is 0.755 e. The summed E-state index contributed by atoms with van der Waals surface area (Å²) in [5.41, 5.74) is 3.89. The summed E-state index contributed by atoms with van der Waals surface area (Å²) in [4.78, 5) is 6.98. The fourth-order valence-corrected chi connectivity index (χ4v) is 4.91. The number of likely N-dealkylation sites (tertiary alicyclic amines) is 1. The predicted molar refractivity (Wildman–Crippen MR) is 121 cm³/mol. The number of benzene rings is 3. The molecule has 0 radical (unpaired) electrons. The highest BCUT2D eigenvalue weighted by Crippen LogP contribution is 2.33. The SMILES string of the molecule is C=C(c1ccc2nc(-c3cccc4ccccc34)n(S(=O)[O-])c2c1)N1CCCCC1. The molecule has 1 aliphatic heterocycles. The first-order valence-corrected chi connectivity index (χ1v) is 11.2. The lowest BCUT2D eigenvalue weighted by Gasteiger charge is -2.30. The van der Waals surface area contributed by atoms with Gasteiger partial charge in [-0.25, -0.2) is 4.98 Å². The maximum Gasteiger partial charge on any atom is 0.152 e. The van der Waals surface area contributed by atoms with Crippen molar-refractivity contribution in [2.45, 2.75) is 19.3 Å². The van der Waals surface area contributed by atoms with Crippen LogP contribution >= 0.6 is 0 Å². The van der Waals surface area contributed by atoms with E-state index < -0.39 is 11.3 Å². The summed E-state index contributed by atoms with van der Waals surface area (Å²) < 4.78 is 25.9. The molecule has 0 aliphatic carbocycles. The molecule has 152 valence electrons. The number of piperidine rings is 1. The highest BCUT2D eigenvalue weighted by atomic mass is 32.2. The smallest absolute Gasteiger partial charge is 0.152 e. The van der Waals surface area contributed by atoms with Gasteiger partial charge in [-0.1, -0.05) is 55.1 Å². The lowest BCUT2D eigenvalue weighted by molar-refractivity contribution is 0.326. The number of nitrogens with zero attached hydrogens (tertiary/aromatic N) is 3.